The van der Waals surface area contributed by atoms with Crippen molar-refractivity contribution in [3.63, 3.8) is 0 Å². The number of aliphatic hydroxyl groups excluding tert-OH is 1. The molecule has 26 heavy (non-hydrogen) atoms. The van der Waals surface area contributed by atoms with Crippen LogP contribution in [0.25, 0.3) is 0 Å². The van der Waals surface area contributed by atoms with Crippen molar-refractivity contribution in [1.29, 1.82) is 0 Å². The highest BCUT2D eigenvalue weighted by molar-refractivity contribution is 5.92. The van der Waals surface area contributed by atoms with Crippen molar-refractivity contribution in [2.45, 2.75) is 63.3 Å². The van der Waals surface area contributed by atoms with Gasteiger partial charge in [-0.15, -0.1) is 0 Å². The summed E-state index contributed by atoms with van der Waals surface area (Å²) in [6, 6.07) is -3.65. The first-order valence-corrected chi connectivity index (χ1v) is 8.35. The monoisotopic (exact) mass is 375 g/mol. The zero-order valence-electron chi connectivity index (χ0n) is 14.8. The number of hydrogen-bond donors (Lipinski definition) is 7. The van der Waals surface area contributed by atoms with Gasteiger partial charge in [-0.3, -0.25) is 14.4 Å². The Kier molecular flexibility index (Phi) is 11.1. The second-order valence-electron chi connectivity index (χ2n) is 6.02. The Morgan fingerprint density at radius 1 is 1.04 bits per heavy atom. The predicted molar refractivity (Wildman–Crippen MR) is 92.5 cm³/mol. The molecule has 11 heteroatoms. The minimum absolute atomic E-state index is 0.130. The van der Waals surface area contributed by atoms with Crippen molar-refractivity contribution in [2.24, 2.45) is 17.2 Å². The molecule has 0 radical (unpaired) electrons. The zero-order chi connectivity index (χ0) is 20.3. The second-order valence-corrected chi connectivity index (χ2v) is 6.02. The summed E-state index contributed by atoms with van der Waals surface area (Å²) in [7, 11) is 0. The molecule has 150 valence electrons. The lowest BCUT2D eigenvalue weighted by atomic mass is 10.1. The predicted octanol–water partition coefficient (Wildman–Crippen LogP) is -2.86. The van der Waals surface area contributed by atoms with Gasteiger partial charge in [-0.1, -0.05) is 6.42 Å². The fourth-order valence-corrected chi connectivity index (χ4v) is 2.12. The topological polar surface area (TPSA) is 211 Å². The van der Waals surface area contributed by atoms with E-state index in [0.29, 0.717) is 25.8 Å². The number of carbonyl (C=O) groups is 4. The highest BCUT2D eigenvalue weighted by Gasteiger charge is 2.30. The first kappa shape index (κ1) is 23.8. The van der Waals surface area contributed by atoms with E-state index in [4.69, 9.17) is 22.3 Å². The summed E-state index contributed by atoms with van der Waals surface area (Å²) < 4.78 is 0. The van der Waals surface area contributed by atoms with E-state index < -0.39 is 47.9 Å². The lowest BCUT2D eigenvalue weighted by Crippen LogP contribution is -2.56. The van der Waals surface area contributed by atoms with Crippen LogP contribution in [0.5, 0.6) is 0 Å². The number of amides is 3. The number of aliphatic carboxylic acids is 1. The molecule has 0 spiro atoms. The van der Waals surface area contributed by atoms with Crippen LogP contribution in [0, 0.1) is 0 Å². The van der Waals surface area contributed by atoms with Crippen LogP contribution in [0.3, 0.4) is 0 Å². The first-order valence-electron chi connectivity index (χ1n) is 8.35. The molecule has 0 aliphatic carbocycles. The number of primary amides is 1. The number of nitrogens with one attached hydrogen (secondary N) is 2. The van der Waals surface area contributed by atoms with E-state index in [1.54, 1.807) is 0 Å². The summed E-state index contributed by atoms with van der Waals surface area (Å²) >= 11 is 0. The van der Waals surface area contributed by atoms with Crippen molar-refractivity contribution in [2.75, 3.05) is 6.54 Å². The molecule has 0 aromatic carbocycles. The summed E-state index contributed by atoms with van der Waals surface area (Å²) in [6.45, 7) is 1.66. The minimum atomic E-state index is -1.56. The van der Waals surface area contributed by atoms with Gasteiger partial charge in [-0.2, -0.15) is 0 Å². The second kappa shape index (κ2) is 12.2. The number of carbonyl (C=O) groups excluding carboxylic acids is 3. The van der Waals surface area contributed by atoms with Gasteiger partial charge in [0, 0.05) is 6.42 Å². The molecule has 4 unspecified atom stereocenters. The molecule has 0 heterocycles. The van der Waals surface area contributed by atoms with Crippen molar-refractivity contribution in [1.82, 2.24) is 10.6 Å². The van der Waals surface area contributed by atoms with Gasteiger partial charge in [-0.05, 0) is 32.7 Å². The molecule has 0 rings (SSSR count). The van der Waals surface area contributed by atoms with E-state index in [1.807, 2.05) is 0 Å². The Morgan fingerprint density at radius 3 is 2.12 bits per heavy atom. The number of aliphatic hydroxyl groups is 1. The molecular formula is C15H29N5O6. The van der Waals surface area contributed by atoms with Gasteiger partial charge in [-0.25, -0.2) is 4.79 Å². The van der Waals surface area contributed by atoms with Crippen LogP contribution in [0.15, 0.2) is 0 Å². The van der Waals surface area contributed by atoms with Gasteiger partial charge in [0.1, 0.15) is 6.04 Å². The molecule has 0 saturated heterocycles. The summed E-state index contributed by atoms with van der Waals surface area (Å²) in [4.78, 5) is 46.4. The summed E-state index contributed by atoms with van der Waals surface area (Å²) in [5, 5.41) is 23.0. The summed E-state index contributed by atoms with van der Waals surface area (Å²) in [6.07, 6.45) is -0.00368. The van der Waals surface area contributed by atoms with E-state index >= 15 is 0 Å². The fraction of sp³-hybridized carbons (Fsp3) is 0.733. The largest absolute Gasteiger partial charge is 0.480 e. The highest BCUT2D eigenvalue weighted by Crippen LogP contribution is 2.03. The van der Waals surface area contributed by atoms with Crippen molar-refractivity contribution < 1.29 is 29.4 Å². The molecule has 0 saturated carbocycles. The van der Waals surface area contributed by atoms with E-state index in [2.05, 4.69) is 10.6 Å². The van der Waals surface area contributed by atoms with Crippen molar-refractivity contribution >= 4 is 23.7 Å². The van der Waals surface area contributed by atoms with Crippen LogP contribution < -0.4 is 27.8 Å². The molecule has 0 aromatic rings. The number of nitrogens with two attached hydrogens (primary N) is 3. The Balaban J connectivity index is 4.97. The van der Waals surface area contributed by atoms with E-state index in [1.165, 1.54) is 6.92 Å². The maximum atomic E-state index is 12.3. The van der Waals surface area contributed by atoms with Gasteiger partial charge in [0.05, 0.1) is 12.1 Å². The molecule has 11 nitrogen and oxygen atoms in total. The van der Waals surface area contributed by atoms with E-state index in [0.717, 1.165) is 0 Å². The third kappa shape index (κ3) is 9.30. The summed E-state index contributed by atoms with van der Waals surface area (Å²) in [5.41, 5.74) is 16.2. The first-order chi connectivity index (χ1) is 12.1. The van der Waals surface area contributed by atoms with Crippen LogP contribution in [0.1, 0.15) is 39.0 Å². The molecule has 0 fully saturated rings. The molecule has 4 atom stereocenters. The molecule has 0 bridgehead atoms. The third-order valence-corrected chi connectivity index (χ3v) is 3.66. The number of hydrogen-bond acceptors (Lipinski definition) is 7. The lowest BCUT2D eigenvalue weighted by Gasteiger charge is -2.23. The average Bonchev–Trinajstić information content (AvgIpc) is 2.55. The van der Waals surface area contributed by atoms with Crippen molar-refractivity contribution in [3.05, 3.63) is 0 Å². The number of carboxylic acid groups (broad SMARTS) is 1. The van der Waals surface area contributed by atoms with Gasteiger partial charge in [0.2, 0.25) is 17.7 Å². The number of carboxylic acids is 1. The molecule has 0 aromatic heterocycles. The number of unbranched alkanes of at least 4 members (excludes halogenated alkanes) is 1. The van der Waals surface area contributed by atoms with Crippen LogP contribution >= 0.6 is 0 Å². The normalized spacial score (nSPS) is 15.4. The quantitative estimate of drug-likeness (QED) is 0.166. The zero-order valence-corrected chi connectivity index (χ0v) is 14.8. The van der Waals surface area contributed by atoms with E-state index in [-0.39, 0.29) is 12.8 Å². The number of rotatable bonds is 13. The van der Waals surface area contributed by atoms with Crippen LogP contribution in [0.2, 0.25) is 0 Å². The summed E-state index contributed by atoms with van der Waals surface area (Å²) in [5.74, 6) is -3.60. The lowest BCUT2D eigenvalue weighted by molar-refractivity contribution is -0.145. The Hall–Kier alpha value is -2.24. The van der Waals surface area contributed by atoms with Gasteiger partial charge in [0.25, 0.3) is 0 Å². The molecular weight excluding hydrogens is 346 g/mol. The van der Waals surface area contributed by atoms with Gasteiger partial charge in [0.15, 0.2) is 6.04 Å². The average molecular weight is 375 g/mol. The Bertz CT molecular complexity index is 499. The molecule has 10 N–H and O–H groups in total. The molecule has 3 amide bonds. The standard InChI is InChI=1S/C15H29N5O6/c1-8(21)12(15(25)26)20-14(24)10(5-6-11(18)22)19-13(23)9(17)4-2-3-7-16/h8-10,12,21H,2-7,16-17H2,1H3,(H2,18,22)(H,19,23)(H,20,24)(H,25,26). The van der Waals surface area contributed by atoms with Crippen LogP contribution in [0.4, 0.5) is 0 Å². The van der Waals surface area contributed by atoms with Crippen molar-refractivity contribution in [3.8, 4) is 0 Å². The fourth-order valence-electron chi connectivity index (χ4n) is 2.12. The molecule has 0 aliphatic heterocycles. The van der Waals surface area contributed by atoms with Crippen LogP contribution in [-0.4, -0.2) is 64.7 Å². The molecule has 0 aliphatic rings. The SMILES string of the molecule is CC(O)C(NC(=O)C(CCC(N)=O)NC(=O)C(N)CCCCN)C(=O)O. The van der Waals surface area contributed by atoms with Gasteiger partial charge >= 0.3 is 5.97 Å². The smallest absolute Gasteiger partial charge is 0.328 e. The maximum Gasteiger partial charge on any atom is 0.328 e. The highest BCUT2D eigenvalue weighted by atomic mass is 16.4. The Morgan fingerprint density at radius 2 is 1.65 bits per heavy atom. The minimum Gasteiger partial charge on any atom is -0.480 e. The maximum absolute atomic E-state index is 12.3. The third-order valence-electron chi connectivity index (χ3n) is 3.66. The van der Waals surface area contributed by atoms with E-state index in [9.17, 15) is 24.3 Å². The van der Waals surface area contributed by atoms with Crippen LogP contribution in [-0.2, 0) is 19.2 Å². The Labute approximate surface area is 151 Å². The van der Waals surface area contributed by atoms with Gasteiger partial charge < -0.3 is 38.0 Å².